The Hall–Kier alpha value is -2.71. The standard InChI is InChI=1S/C21H19BrN2O4S/c1-28-18-7-9-19(10-8-18)29(26,27)20(16-5-3-11-23-13-16)14-24-21(25)15-4-2-6-17(22)12-15/h2-13,20H,14H2,1H3,(H,24,25). The number of benzene rings is 2. The molecule has 1 heterocycles. The number of nitrogens with zero attached hydrogens (tertiary/aromatic N) is 1. The summed E-state index contributed by atoms with van der Waals surface area (Å²) in [5.41, 5.74) is 0.934. The largest absolute Gasteiger partial charge is 0.497 e. The Balaban J connectivity index is 1.89. The number of hydrogen-bond donors (Lipinski definition) is 1. The van der Waals surface area contributed by atoms with Crippen LogP contribution in [0.2, 0.25) is 0 Å². The topological polar surface area (TPSA) is 85.4 Å². The lowest BCUT2D eigenvalue weighted by Crippen LogP contribution is -2.32. The third-order valence-corrected chi connectivity index (χ3v) is 6.96. The van der Waals surface area contributed by atoms with Crippen molar-refractivity contribution in [3.63, 3.8) is 0 Å². The van der Waals surface area contributed by atoms with Crippen LogP contribution < -0.4 is 10.1 Å². The molecule has 0 saturated carbocycles. The molecule has 0 aliphatic heterocycles. The van der Waals surface area contributed by atoms with Gasteiger partial charge in [-0.1, -0.05) is 28.1 Å². The van der Waals surface area contributed by atoms with E-state index >= 15 is 0 Å². The van der Waals surface area contributed by atoms with Crippen LogP contribution >= 0.6 is 15.9 Å². The number of carbonyl (C=O) groups excluding carboxylic acids is 1. The molecule has 0 radical (unpaired) electrons. The molecule has 1 atom stereocenters. The van der Waals surface area contributed by atoms with E-state index in [1.807, 2.05) is 6.07 Å². The van der Waals surface area contributed by atoms with E-state index in [0.717, 1.165) is 4.47 Å². The number of carbonyl (C=O) groups is 1. The number of sulfone groups is 1. The zero-order valence-electron chi connectivity index (χ0n) is 15.6. The summed E-state index contributed by atoms with van der Waals surface area (Å²) in [7, 11) is -2.27. The lowest BCUT2D eigenvalue weighted by molar-refractivity contribution is 0.0953. The van der Waals surface area contributed by atoms with Crippen LogP contribution in [-0.2, 0) is 9.84 Å². The van der Waals surface area contributed by atoms with Crippen molar-refractivity contribution < 1.29 is 17.9 Å². The highest BCUT2D eigenvalue weighted by Gasteiger charge is 2.30. The Morgan fingerprint density at radius 3 is 2.52 bits per heavy atom. The maximum atomic E-state index is 13.3. The van der Waals surface area contributed by atoms with Crippen LogP contribution in [0.3, 0.4) is 0 Å². The molecule has 0 spiro atoms. The van der Waals surface area contributed by atoms with Crippen LogP contribution in [-0.4, -0.2) is 33.0 Å². The highest BCUT2D eigenvalue weighted by Crippen LogP contribution is 2.29. The summed E-state index contributed by atoms with van der Waals surface area (Å²) in [5, 5.41) is 1.75. The minimum Gasteiger partial charge on any atom is -0.497 e. The fourth-order valence-electron chi connectivity index (χ4n) is 2.82. The van der Waals surface area contributed by atoms with Crippen molar-refractivity contribution in [1.82, 2.24) is 10.3 Å². The van der Waals surface area contributed by atoms with Crippen LogP contribution in [0.1, 0.15) is 21.2 Å². The van der Waals surface area contributed by atoms with E-state index in [1.165, 1.54) is 25.4 Å². The van der Waals surface area contributed by atoms with Crippen molar-refractivity contribution in [2.45, 2.75) is 10.1 Å². The Morgan fingerprint density at radius 1 is 1.14 bits per heavy atom. The molecule has 0 bridgehead atoms. The predicted molar refractivity (Wildman–Crippen MR) is 114 cm³/mol. The Labute approximate surface area is 178 Å². The zero-order chi connectivity index (χ0) is 20.9. The highest BCUT2D eigenvalue weighted by atomic mass is 79.9. The van der Waals surface area contributed by atoms with Gasteiger partial charge in [0.2, 0.25) is 0 Å². The number of amides is 1. The van der Waals surface area contributed by atoms with Gasteiger partial charge in [0.1, 0.15) is 11.0 Å². The van der Waals surface area contributed by atoms with Crippen LogP contribution in [0.5, 0.6) is 5.75 Å². The number of aromatic nitrogens is 1. The van der Waals surface area contributed by atoms with E-state index in [4.69, 9.17) is 4.74 Å². The number of methoxy groups -OCH3 is 1. The smallest absolute Gasteiger partial charge is 0.251 e. The fraction of sp³-hybridized carbons (Fsp3) is 0.143. The Bertz CT molecular complexity index is 1090. The monoisotopic (exact) mass is 474 g/mol. The third kappa shape index (κ3) is 5.02. The van der Waals surface area contributed by atoms with Gasteiger partial charge in [0.15, 0.2) is 9.84 Å². The molecular weight excluding hydrogens is 456 g/mol. The molecule has 1 aromatic heterocycles. The summed E-state index contributed by atoms with van der Waals surface area (Å²) in [6, 6.07) is 16.4. The lowest BCUT2D eigenvalue weighted by atomic mass is 10.2. The first-order valence-electron chi connectivity index (χ1n) is 8.73. The minimum absolute atomic E-state index is 0.0919. The second kappa shape index (κ2) is 9.19. The molecular formula is C21H19BrN2O4S. The average Bonchev–Trinajstić information content (AvgIpc) is 2.74. The van der Waals surface area contributed by atoms with Gasteiger partial charge in [-0.3, -0.25) is 9.78 Å². The van der Waals surface area contributed by atoms with Crippen molar-refractivity contribution in [3.8, 4) is 5.75 Å². The molecule has 0 aliphatic carbocycles. The number of pyridine rings is 1. The molecule has 2 aromatic carbocycles. The molecule has 8 heteroatoms. The SMILES string of the molecule is COc1ccc(S(=O)(=O)C(CNC(=O)c2cccc(Br)c2)c2cccnc2)cc1. The number of halogens is 1. The van der Waals surface area contributed by atoms with E-state index in [0.29, 0.717) is 16.9 Å². The summed E-state index contributed by atoms with van der Waals surface area (Å²) in [5.74, 6) is 0.204. The van der Waals surface area contributed by atoms with E-state index in [1.54, 1.807) is 48.7 Å². The van der Waals surface area contributed by atoms with Gasteiger partial charge in [-0.25, -0.2) is 8.42 Å². The first-order valence-corrected chi connectivity index (χ1v) is 11.1. The molecule has 1 amide bonds. The number of hydrogen-bond acceptors (Lipinski definition) is 5. The van der Waals surface area contributed by atoms with Gasteiger partial charge in [0.05, 0.1) is 12.0 Å². The summed E-state index contributed by atoms with van der Waals surface area (Å²) in [6.45, 7) is -0.0919. The van der Waals surface area contributed by atoms with Crippen LogP contribution in [0.15, 0.2) is 82.4 Å². The number of rotatable bonds is 7. The third-order valence-electron chi connectivity index (χ3n) is 4.35. The summed E-state index contributed by atoms with van der Waals surface area (Å²) < 4.78 is 32.5. The first kappa shape index (κ1) is 21.0. The average molecular weight is 475 g/mol. The summed E-state index contributed by atoms with van der Waals surface area (Å²) >= 11 is 3.33. The van der Waals surface area contributed by atoms with Crippen molar-refractivity contribution in [1.29, 1.82) is 0 Å². The molecule has 29 heavy (non-hydrogen) atoms. The van der Waals surface area contributed by atoms with E-state index < -0.39 is 15.1 Å². The van der Waals surface area contributed by atoms with Crippen molar-refractivity contribution in [3.05, 3.63) is 88.7 Å². The number of nitrogens with one attached hydrogen (secondary N) is 1. The second-order valence-corrected chi connectivity index (χ2v) is 9.26. The number of ether oxygens (including phenoxy) is 1. The van der Waals surface area contributed by atoms with Gasteiger partial charge in [-0.2, -0.15) is 0 Å². The molecule has 6 nitrogen and oxygen atoms in total. The molecule has 1 unspecified atom stereocenters. The van der Waals surface area contributed by atoms with E-state index in [-0.39, 0.29) is 17.3 Å². The molecule has 3 rings (SSSR count). The normalized spacial score (nSPS) is 12.2. The molecule has 0 saturated heterocycles. The van der Waals surface area contributed by atoms with Gasteiger partial charge >= 0.3 is 0 Å². The second-order valence-electron chi connectivity index (χ2n) is 6.22. The van der Waals surface area contributed by atoms with Crippen LogP contribution in [0, 0.1) is 0 Å². The molecule has 1 N–H and O–H groups in total. The van der Waals surface area contributed by atoms with Gasteiger partial charge in [-0.15, -0.1) is 0 Å². The summed E-state index contributed by atoms with van der Waals surface area (Å²) in [4.78, 5) is 16.7. The fourth-order valence-corrected chi connectivity index (χ4v) is 4.86. The van der Waals surface area contributed by atoms with Gasteiger partial charge in [0, 0.05) is 29.0 Å². The quantitative estimate of drug-likeness (QED) is 0.562. The highest BCUT2D eigenvalue weighted by molar-refractivity contribution is 9.10. The molecule has 150 valence electrons. The predicted octanol–water partition coefficient (Wildman–Crippen LogP) is 3.80. The first-order chi connectivity index (χ1) is 13.9. The zero-order valence-corrected chi connectivity index (χ0v) is 18.0. The lowest BCUT2D eigenvalue weighted by Gasteiger charge is -2.19. The van der Waals surface area contributed by atoms with Crippen molar-refractivity contribution in [2.24, 2.45) is 0 Å². The Morgan fingerprint density at radius 2 is 1.90 bits per heavy atom. The van der Waals surface area contributed by atoms with Crippen molar-refractivity contribution in [2.75, 3.05) is 13.7 Å². The Kier molecular flexibility index (Phi) is 6.66. The molecule has 0 fully saturated rings. The van der Waals surface area contributed by atoms with Crippen LogP contribution in [0.25, 0.3) is 0 Å². The minimum atomic E-state index is -3.78. The van der Waals surface area contributed by atoms with Gasteiger partial charge in [-0.05, 0) is 54.1 Å². The van der Waals surface area contributed by atoms with E-state index in [9.17, 15) is 13.2 Å². The maximum absolute atomic E-state index is 13.3. The molecule has 3 aromatic rings. The summed E-state index contributed by atoms with van der Waals surface area (Å²) in [6.07, 6.45) is 3.07. The van der Waals surface area contributed by atoms with Gasteiger partial charge < -0.3 is 10.1 Å². The maximum Gasteiger partial charge on any atom is 0.251 e. The van der Waals surface area contributed by atoms with Crippen molar-refractivity contribution >= 4 is 31.7 Å². The molecule has 0 aliphatic rings. The van der Waals surface area contributed by atoms with E-state index in [2.05, 4.69) is 26.2 Å². The van der Waals surface area contributed by atoms with Gasteiger partial charge in [0.25, 0.3) is 5.91 Å². The van der Waals surface area contributed by atoms with Crippen LogP contribution in [0.4, 0.5) is 0 Å².